The van der Waals surface area contributed by atoms with E-state index in [-0.39, 0.29) is 5.82 Å². The van der Waals surface area contributed by atoms with E-state index < -0.39 is 11.6 Å². The number of carbonyl (C=O) groups is 1. The van der Waals surface area contributed by atoms with Crippen LogP contribution in [-0.4, -0.2) is 21.2 Å². The third kappa shape index (κ3) is 3.06. The molecule has 0 aliphatic carbocycles. The lowest BCUT2D eigenvalue weighted by atomic mass is 9.97. The highest BCUT2D eigenvalue weighted by Crippen LogP contribution is 2.25. The van der Waals surface area contributed by atoms with Crippen molar-refractivity contribution in [2.75, 3.05) is 5.73 Å². The molecule has 1 aromatic rings. The summed E-state index contributed by atoms with van der Waals surface area (Å²) in [7, 11) is 0. The number of aromatic nitrogens is 1. The minimum absolute atomic E-state index is 0.236. The van der Waals surface area contributed by atoms with Gasteiger partial charge in [0.1, 0.15) is 5.82 Å². The number of hydrogen-bond acceptors (Lipinski definition) is 4. The Morgan fingerprint density at radius 3 is 2.69 bits per heavy atom. The summed E-state index contributed by atoms with van der Waals surface area (Å²) in [5.74, 6) is -0.804. The van der Waals surface area contributed by atoms with Gasteiger partial charge in [-0.25, -0.2) is 9.78 Å². The van der Waals surface area contributed by atoms with Crippen molar-refractivity contribution in [1.29, 1.82) is 0 Å². The van der Waals surface area contributed by atoms with Crippen molar-refractivity contribution >= 4 is 17.9 Å². The maximum absolute atomic E-state index is 10.3. The zero-order chi connectivity index (χ0) is 12.3. The van der Waals surface area contributed by atoms with Gasteiger partial charge in [0, 0.05) is 17.8 Å². The molecule has 0 aromatic carbocycles. The molecule has 5 nitrogen and oxygen atoms in total. The molecule has 0 radical (unpaired) electrons. The van der Waals surface area contributed by atoms with Gasteiger partial charge in [-0.1, -0.05) is 0 Å². The van der Waals surface area contributed by atoms with Crippen LogP contribution < -0.4 is 5.73 Å². The summed E-state index contributed by atoms with van der Waals surface area (Å²) in [6.07, 6.45) is 3.84. The van der Waals surface area contributed by atoms with E-state index in [9.17, 15) is 9.90 Å². The fourth-order valence-electron chi connectivity index (χ4n) is 1.24. The van der Waals surface area contributed by atoms with E-state index in [0.29, 0.717) is 11.1 Å². The second-order valence-electron chi connectivity index (χ2n) is 3.93. The SMILES string of the molecule is CC(C)(O)c1cc(/C=C/C(=O)O)cnc1N. The number of carboxylic acids is 1. The smallest absolute Gasteiger partial charge is 0.328 e. The summed E-state index contributed by atoms with van der Waals surface area (Å²) in [5, 5.41) is 18.3. The summed E-state index contributed by atoms with van der Waals surface area (Å²) < 4.78 is 0. The molecule has 16 heavy (non-hydrogen) atoms. The molecule has 1 rings (SSSR count). The van der Waals surface area contributed by atoms with Crippen LogP contribution in [0.5, 0.6) is 0 Å². The number of anilines is 1. The summed E-state index contributed by atoms with van der Waals surface area (Å²) >= 11 is 0. The van der Waals surface area contributed by atoms with Crippen LogP contribution in [0.1, 0.15) is 25.0 Å². The second-order valence-corrected chi connectivity index (χ2v) is 3.93. The highest BCUT2D eigenvalue weighted by molar-refractivity contribution is 5.85. The molecule has 1 heterocycles. The normalized spacial score (nSPS) is 11.9. The van der Waals surface area contributed by atoms with Gasteiger partial charge in [0.05, 0.1) is 5.60 Å². The lowest BCUT2D eigenvalue weighted by Crippen LogP contribution is -2.18. The number of nitrogens with two attached hydrogens (primary N) is 1. The van der Waals surface area contributed by atoms with Crippen molar-refractivity contribution in [2.45, 2.75) is 19.4 Å². The molecule has 4 N–H and O–H groups in total. The number of rotatable bonds is 3. The molecule has 0 unspecified atom stereocenters. The number of aliphatic hydroxyl groups is 1. The van der Waals surface area contributed by atoms with Gasteiger partial charge < -0.3 is 15.9 Å². The fourth-order valence-corrected chi connectivity index (χ4v) is 1.24. The number of nitrogen functional groups attached to an aromatic ring is 1. The van der Waals surface area contributed by atoms with Gasteiger partial charge in [-0.15, -0.1) is 0 Å². The zero-order valence-corrected chi connectivity index (χ0v) is 9.14. The van der Waals surface area contributed by atoms with Gasteiger partial charge >= 0.3 is 5.97 Å². The number of carboxylic acid groups (broad SMARTS) is 1. The van der Waals surface area contributed by atoms with E-state index in [0.717, 1.165) is 6.08 Å². The van der Waals surface area contributed by atoms with Crippen LogP contribution in [0.15, 0.2) is 18.3 Å². The molecule has 0 saturated heterocycles. The molecule has 0 amide bonds. The molecular weight excluding hydrogens is 208 g/mol. The van der Waals surface area contributed by atoms with Gasteiger partial charge in [0.25, 0.3) is 0 Å². The first-order valence-corrected chi connectivity index (χ1v) is 4.70. The average Bonchev–Trinajstić information content (AvgIpc) is 2.14. The van der Waals surface area contributed by atoms with Crippen LogP contribution in [0.3, 0.4) is 0 Å². The van der Waals surface area contributed by atoms with Gasteiger partial charge in [-0.05, 0) is 31.6 Å². The van der Waals surface area contributed by atoms with Crippen LogP contribution in [0.4, 0.5) is 5.82 Å². The number of aliphatic carboxylic acids is 1. The minimum atomic E-state index is -1.11. The molecule has 0 atom stereocenters. The third-order valence-corrected chi connectivity index (χ3v) is 2.02. The Labute approximate surface area is 93.2 Å². The van der Waals surface area contributed by atoms with Gasteiger partial charge in [0.15, 0.2) is 0 Å². The highest BCUT2D eigenvalue weighted by Gasteiger charge is 2.19. The molecule has 86 valence electrons. The lowest BCUT2D eigenvalue weighted by molar-refractivity contribution is -0.131. The maximum Gasteiger partial charge on any atom is 0.328 e. The molecule has 0 aliphatic rings. The van der Waals surface area contributed by atoms with Crippen molar-refractivity contribution < 1.29 is 15.0 Å². The molecule has 0 spiro atoms. The number of nitrogens with zero attached hydrogens (tertiary/aromatic N) is 1. The van der Waals surface area contributed by atoms with Gasteiger partial charge in [0.2, 0.25) is 0 Å². The molecule has 0 bridgehead atoms. The van der Waals surface area contributed by atoms with Crippen molar-refractivity contribution in [3.8, 4) is 0 Å². The Bertz CT molecular complexity index is 433. The Kier molecular flexibility index (Phi) is 3.29. The van der Waals surface area contributed by atoms with E-state index in [4.69, 9.17) is 10.8 Å². The molecule has 1 aromatic heterocycles. The number of hydrogen-bond donors (Lipinski definition) is 3. The van der Waals surface area contributed by atoms with E-state index in [2.05, 4.69) is 4.98 Å². The van der Waals surface area contributed by atoms with Crippen molar-refractivity contribution in [3.05, 3.63) is 29.5 Å². The van der Waals surface area contributed by atoms with Crippen LogP contribution in [0.2, 0.25) is 0 Å². The zero-order valence-electron chi connectivity index (χ0n) is 9.14. The van der Waals surface area contributed by atoms with Crippen molar-refractivity contribution in [2.24, 2.45) is 0 Å². The molecular formula is C11H14N2O3. The summed E-state index contributed by atoms with van der Waals surface area (Å²) in [6.45, 7) is 3.18. The standard InChI is InChI=1S/C11H14N2O3/c1-11(2,16)8-5-7(3-4-9(14)15)6-13-10(8)12/h3-6,16H,1-2H3,(H2,12,13)(H,14,15)/b4-3+. The molecule has 0 saturated carbocycles. The van der Waals surface area contributed by atoms with Crippen molar-refractivity contribution in [1.82, 2.24) is 4.98 Å². The van der Waals surface area contributed by atoms with Gasteiger partial charge in [-0.2, -0.15) is 0 Å². The van der Waals surface area contributed by atoms with Crippen LogP contribution in [0, 0.1) is 0 Å². The first-order chi connectivity index (χ1) is 7.30. The Morgan fingerprint density at radius 2 is 2.19 bits per heavy atom. The first-order valence-electron chi connectivity index (χ1n) is 4.70. The molecule has 5 heteroatoms. The largest absolute Gasteiger partial charge is 0.478 e. The summed E-state index contributed by atoms with van der Waals surface area (Å²) in [5.41, 5.74) is 5.56. The monoisotopic (exact) mass is 222 g/mol. The van der Waals surface area contributed by atoms with Crippen LogP contribution >= 0.6 is 0 Å². The molecule has 0 fully saturated rings. The van der Waals surface area contributed by atoms with E-state index in [1.807, 2.05) is 0 Å². The highest BCUT2D eigenvalue weighted by atomic mass is 16.4. The van der Waals surface area contributed by atoms with E-state index in [1.54, 1.807) is 19.9 Å². The lowest BCUT2D eigenvalue weighted by Gasteiger charge is -2.19. The van der Waals surface area contributed by atoms with Crippen LogP contribution in [0.25, 0.3) is 6.08 Å². The Morgan fingerprint density at radius 1 is 1.56 bits per heavy atom. The quantitative estimate of drug-likeness (QED) is 0.663. The topological polar surface area (TPSA) is 96.4 Å². The van der Waals surface area contributed by atoms with Gasteiger partial charge in [-0.3, -0.25) is 0 Å². The van der Waals surface area contributed by atoms with Crippen LogP contribution in [-0.2, 0) is 10.4 Å². The predicted molar refractivity (Wildman–Crippen MR) is 60.6 cm³/mol. The first kappa shape index (κ1) is 12.2. The fraction of sp³-hybridized carbons (Fsp3) is 0.273. The maximum atomic E-state index is 10.3. The Hall–Kier alpha value is -1.88. The third-order valence-electron chi connectivity index (χ3n) is 2.02. The summed E-state index contributed by atoms with van der Waals surface area (Å²) in [6, 6.07) is 1.61. The second kappa shape index (κ2) is 4.32. The summed E-state index contributed by atoms with van der Waals surface area (Å²) in [4.78, 5) is 14.2. The van der Waals surface area contributed by atoms with E-state index in [1.165, 1.54) is 12.3 Å². The minimum Gasteiger partial charge on any atom is -0.478 e. The Balaban J connectivity index is 3.13. The van der Waals surface area contributed by atoms with E-state index >= 15 is 0 Å². The predicted octanol–water partition coefficient (Wildman–Crippen LogP) is 0.989. The van der Waals surface area contributed by atoms with Crippen molar-refractivity contribution in [3.63, 3.8) is 0 Å². The number of pyridine rings is 1. The molecule has 0 aliphatic heterocycles. The average molecular weight is 222 g/mol.